The molecule has 0 radical (unpaired) electrons. The molecular formula is C12H12ClN3O. The van der Waals surface area contributed by atoms with Gasteiger partial charge in [0.25, 0.3) is 5.91 Å². The molecule has 1 aromatic carbocycles. The van der Waals surface area contributed by atoms with E-state index in [1.54, 1.807) is 49.1 Å². The molecule has 17 heavy (non-hydrogen) atoms. The molecule has 4 nitrogen and oxygen atoms in total. The molecule has 0 fully saturated rings. The summed E-state index contributed by atoms with van der Waals surface area (Å²) in [5, 5.41) is 7.49. The van der Waals surface area contributed by atoms with Crippen molar-refractivity contribution in [2.45, 2.75) is 6.92 Å². The minimum absolute atomic E-state index is 0.183. The third-order valence-electron chi connectivity index (χ3n) is 2.34. The molecule has 0 aliphatic rings. The predicted octanol–water partition coefficient (Wildman–Crippen LogP) is 2.63. The molecule has 1 amide bonds. The lowest BCUT2D eigenvalue weighted by Gasteiger charge is -2.04. The fraction of sp³-hybridized carbons (Fsp3) is 0.167. The van der Waals surface area contributed by atoms with Gasteiger partial charge in [-0.25, -0.2) is 0 Å². The fourth-order valence-electron chi connectivity index (χ4n) is 1.59. The van der Waals surface area contributed by atoms with Crippen molar-refractivity contribution in [1.82, 2.24) is 9.78 Å². The highest BCUT2D eigenvalue weighted by Crippen LogP contribution is 2.16. The lowest BCUT2D eigenvalue weighted by atomic mass is 10.2. The van der Waals surface area contributed by atoms with Crippen molar-refractivity contribution in [3.05, 3.63) is 46.7 Å². The van der Waals surface area contributed by atoms with Crippen LogP contribution in [0.25, 0.3) is 0 Å². The molecule has 0 aliphatic carbocycles. The third-order valence-corrected chi connectivity index (χ3v) is 2.58. The summed E-state index contributed by atoms with van der Waals surface area (Å²) in [6, 6.07) is 7.03. The first-order chi connectivity index (χ1) is 8.06. The number of hydrogen-bond donors (Lipinski definition) is 1. The van der Waals surface area contributed by atoms with Gasteiger partial charge < -0.3 is 5.32 Å². The van der Waals surface area contributed by atoms with Crippen molar-refractivity contribution >= 4 is 23.2 Å². The van der Waals surface area contributed by atoms with Gasteiger partial charge in [0, 0.05) is 24.0 Å². The molecule has 0 unspecified atom stereocenters. The normalized spacial score (nSPS) is 10.3. The van der Waals surface area contributed by atoms with Gasteiger partial charge in [-0.1, -0.05) is 17.7 Å². The zero-order chi connectivity index (χ0) is 12.4. The average molecular weight is 250 g/mol. The first-order valence-electron chi connectivity index (χ1n) is 5.13. The number of nitrogens with one attached hydrogen (secondary N) is 1. The van der Waals surface area contributed by atoms with E-state index < -0.39 is 0 Å². The van der Waals surface area contributed by atoms with Crippen LogP contribution < -0.4 is 5.32 Å². The molecule has 0 aliphatic heterocycles. The molecule has 88 valence electrons. The highest BCUT2D eigenvalue weighted by atomic mass is 35.5. The van der Waals surface area contributed by atoms with E-state index in [9.17, 15) is 4.79 Å². The van der Waals surface area contributed by atoms with Crippen LogP contribution in [0.15, 0.2) is 30.5 Å². The number of benzene rings is 1. The minimum atomic E-state index is -0.183. The largest absolute Gasteiger partial charge is 0.322 e. The SMILES string of the molecule is Cc1nn(C)cc1C(=O)Nc1cccc(Cl)c1. The van der Waals surface area contributed by atoms with Crippen LogP contribution in [0.1, 0.15) is 16.1 Å². The number of nitrogens with zero attached hydrogens (tertiary/aromatic N) is 2. The maximum Gasteiger partial charge on any atom is 0.259 e. The first-order valence-corrected chi connectivity index (χ1v) is 5.51. The number of hydrogen-bond acceptors (Lipinski definition) is 2. The summed E-state index contributed by atoms with van der Waals surface area (Å²) in [4.78, 5) is 12.0. The average Bonchev–Trinajstić information content (AvgIpc) is 2.58. The zero-order valence-corrected chi connectivity index (χ0v) is 10.3. The summed E-state index contributed by atoms with van der Waals surface area (Å²) in [6.45, 7) is 1.80. The van der Waals surface area contributed by atoms with Gasteiger partial charge in [0.1, 0.15) is 0 Å². The smallest absolute Gasteiger partial charge is 0.259 e. The molecule has 0 atom stereocenters. The quantitative estimate of drug-likeness (QED) is 0.889. The second-order valence-electron chi connectivity index (χ2n) is 3.77. The van der Waals surface area contributed by atoms with Gasteiger partial charge in [-0.3, -0.25) is 9.48 Å². The maximum atomic E-state index is 12.0. The van der Waals surface area contributed by atoms with E-state index in [1.807, 2.05) is 0 Å². The Bertz CT molecular complexity index is 563. The van der Waals surface area contributed by atoms with E-state index in [1.165, 1.54) is 0 Å². The van der Waals surface area contributed by atoms with E-state index in [0.29, 0.717) is 22.0 Å². The number of amides is 1. The Hall–Kier alpha value is -1.81. The van der Waals surface area contributed by atoms with Gasteiger partial charge in [-0.05, 0) is 25.1 Å². The van der Waals surface area contributed by atoms with E-state index in [4.69, 9.17) is 11.6 Å². The van der Waals surface area contributed by atoms with Crippen LogP contribution in [-0.2, 0) is 7.05 Å². The van der Waals surface area contributed by atoms with Gasteiger partial charge in [-0.2, -0.15) is 5.10 Å². The van der Waals surface area contributed by atoms with Gasteiger partial charge in [0.15, 0.2) is 0 Å². The highest BCUT2D eigenvalue weighted by molar-refractivity contribution is 6.30. The predicted molar refractivity (Wildman–Crippen MR) is 67.4 cm³/mol. The maximum absolute atomic E-state index is 12.0. The summed E-state index contributed by atoms with van der Waals surface area (Å²) in [7, 11) is 1.78. The molecular weight excluding hydrogens is 238 g/mol. The van der Waals surface area contributed by atoms with Crippen LogP contribution in [0.4, 0.5) is 5.69 Å². The molecule has 0 saturated carbocycles. The Balaban J connectivity index is 2.20. The molecule has 2 aromatic rings. The Morgan fingerprint density at radius 3 is 2.82 bits per heavy atom. The number of halogens is 1. The Morgan fingerprint density at radius 1 is 1.47 bits per heavy atom. The minimum Gasteiger partial charge on any atom is -0.322 e. The van der Waals surface area contributed by atoms with Crippen molar-refractivity contribution in [3.63, 3.8) is 0 Å². The first kappa shape index (κ1) is 11.7. The summed E-state index contributed by atoms with van der Waals surface area (Å²) in [6.07, 6.45) is 1.69. The second kappa shape index (κ2) is 4.59. The second-order valence-corrected chi connectivity index (χ2v) is 4.20. The zero-order valence-electron chi connectivity index (χ0n) is 9.57. The molecule has 1 heterocycles. The lowest BCUT2D eigenvalue weighted by molar-refractivity contribution is 0.102. The summed E-state index contributed by atoms with van der Waals surface area (Å²) < 4.78 is 1.61. The van der Waals surface area contributed by atoms with Crippen molar-refractivity contribution in [3.8, 4) is 0 Å². The van der Waals surface area contributed by atoms with Gasteiger partial charge in [0.05, 0.1) is 11.3 Å². The van der Waals surface area contributed by atoms with E-state index in [2.05, 4.69) is 10.4 Å². The topological polar surface area (TPSA) is 46.9 Å². The van der Waals surface area contributed by atoms with E-state index in [0.717, 1.165) is 0 Å². The van der Waals surface area contributed by atoms with Crippen LogP contribution in [0.5, 0.6) is 0 Å². The lowest BCUT2D eigenvalue weighted by Crippen LogP contribution is -2.12. The third kappa shape index (κ3) is 2.65. The Labute approximate surface area is 104 Å². The number of rotatable bonds is 2. The Morgan fingerprint density at radius 2 is 2.24 bits per heavy atom. The molecule has 5 heteroatoms. The molecule has 1 N–H and O–H groups in total. The number of anilines is 1. The summed E-state index contributed by atoms with van der Waals surface area (Å²) in [5.74, 6) is -0.183. The van der Waals surface area contributed by atoms with E-state index in [-0.39, 0.29) is 5.91 Å². The highest BCUT2D eigenvalue weighted by Gasteiger charge is 2.12. The number of carbonyl (C=O) groups is 1. The van der Waals surface area contributed by atoms with Crippen molar-refractivity contribution in [1.29, 1.82) is 0 Å². The van der Waals surface area contributed by atoms with Crippen molar-refractivity contribution < 1.29 is 4.79 Å². The number of carbonyl (C=O) groups excluding carboxylic acids is 1. The fourth-order valence-corrected chi connectivity index (χ4v) is 1.78. The van der Waals surface area contributed by atoms with Crippen LogP contribution in [0.3, 0.4) is 0 Å². The van der Waals surface area contributed by atoms with Crippen molar-refractivity contribution in [2.24, 2.45) is 7.05 Å². The molecule has 2 rings (SSSR count). The van der Waals surface area contributed by atoms with Gasteiger partial charge >= 0.3 is 0 Å². The summed E-state index contributed by atoms with van der Waals surface area (Å²) in [5.41, 5.74) is 1.94. The van der Waals surface area contributed by atoms with Crippen molar-refractivity contribution in [2.75, 3.05) is 5.32 Å². The molecule has 0 spiro atoms. The molecule has 0 saturated heterocycles. The van der Waals surface area contributed by atoms with E-state index >= 15 is 0 Å². The van der Waals surface area contributed by atoms with Crippen LogP contribution in [0, 0.1) is 6.92 Å². The standard InChI is InChI=1S/C12H12ClN3O/c1-8-11(7-16(2)15-8)12(17)14-10-5-3-4-9(13)6-10/h3-7H,1-2H3,(H,14,17). The summed E-state index contributed by atoms with van der Waals surface area (Å²) >= 11 is 5.84. The van der Waals surface area contributed by atoms with Crippen LogP contribution in [-0.4, -0.2) is 15.7 Å². The number of aryl methyl sites for hydroxylation is 2. The molecule has 0 bridgehead atoms. The van der Waals surface area contributed by atoms with Gasteiger partial charge in [0.2, 0.25) is 0 Å². The monoisotopic (exact) mass is 249 g/mol. The van der Waals surface area contributed by atoms with Crippen LogP contribution in [0.2, 0.25) is 5.02 Å². The Kier molecular flexibility index (Phi) is 3.15. The number of aromatic nitrogens is 2. The van der Waals surface area contributed by atoms with Gasteiger partial charge in [-0.15, -0.1) is 0 Å². The van der Waals surface area contributed by atoms with Crippen LogP contribution >= 0.6 is 11.6 Å². The molecule has 1 aromatic heterocycles.